The number of benzene rings is 1. The first-order chi connectivity index (χ1) is 9.99. The number of piperidine rings is 1. The number of carboxylic acid groups (broad SMARTS) is 1. The van der Waals surface area contributed by atoms with Crippen LogP contribution in [-0.2, 0) is 9.59 Å². The average molecular weight is 287 g/mol. The third-order valence-corrected chi connectivity index (χ3v) is 3.78. The number of hydrogen-bond acceptors (Lipinski definition) is 4. The van der Waals surface area contributed by atoms with Crippen molar-refractivity contribution >= 4 is 28.8 Å². The zero-order chi connectivity index (χ0) is 15.1. The van der Waals surface area contributed by atoms with Gasteiger partial charge in [0.1, 0.15) is 6.04 Å². The summed E-state index contributed by atoms with van der Waals surface area (Å²) in [6.07, 6.45) is 2.25. The van der Waals surface area contributed by atoms with Gasteiger partial charge in [0.15, 0.2) is 0 Å². The second-order valence-electron chi connectivity index (χ2n) is 5.01. The molecule has 1 aromatic carbocycles. The number of nitrogens with zero attached hydrogens (tertiary/aromatic N) is 3. The molecular weight excluding hydrogens is 274 g/mol. The quantitative estimate of drug-likeness (QED) is 0.833. The molecule has 7 heteroatoms. The van der Waals surface area contributed by atoms with Crippen molar-refractivity contribution < 1.29 is 19.5 Å². The van der Waals surface area contributed by atoms with Crippen LogP contribution in [-0.4, -0.2) is 44.4 Å². The Balaban J connectivity index is 2.03. The molecule has 1 atom stereocenters. The van der Waals surface area contributed by atoms with Crippen LogP contribution in [0.2, 0.25) is 0 Å². The smallest absolute Gasteiger partial charge is 0.335 e. The Morgan fingerprint density at radius 3 is 2.86 bits per heavy atom. The van der Waals surface area contributed by atoms with Gasteiger partial charge in [0.25, 0.3) is 5.91 Å². The molecule has 2 aromatic rings. The molecule has 1 saturated heterocycles. The number of aromatic nitrogens is 2. The van der Waals surface area contributed by atoms with Gasteiger partial charge < -0.3 is 9.67 Å². The molecule has 21 heavy (non-hydrogen) atoms. The van der Waals surface area contributed by atoms with Crippen molar-refractivity contribution in [2.24, 2.45) is 0 Å². The van der Waals surface area contributed by atoms with Crippen molar-refractivity contribution in [3.8, 4) is 0 Å². The molecule has 3 rings (SSSR count). The summed E-state index contributed by atoms with van der Waals surface area (Å²) in [6, 6.07) is 4.10. The fourth-order valence-electron chi connectivity index (χ4n) is 2.57. The third kappa shape index (κ3) is 2.06. The number of likely N-dealkylation sites (tertiary alicyclic amines) is 1. The largest absolute Gasteiger partial charge is 0.478 e. The Hall–Kier alpha value is -2.70. The summed E-state index contributed by atoms with van der Waals surface area (Å²) >= 11 is 0. The highest BCUT2D eigenvalue weighted by atomic mass is 16.4. The van der Waals surface area contributed by atoms with Crippen LogP contribution < -0.4 is 0 Å². The van der Waals surface area contributed by atoms with Gasteiger partial charge in [0, 0.05) is 13.5 Å². The van der Waals surface area contributed by atoms with Gasteiger partial charge in [-0.05, 0) is 24.6 Å². The van der Waals surface area contributed by atoms with Crippen molar-refractivity contribution in [1.82, 2.24) is 14.5 Å². The van der Waals surface area contributed by atoms with Gasteiger partial charge in [0.2, 0.25) is 5.91 Å². The molecule has 0 aliphatic carbocycles. The Morgan fingerprint density at radius 2 is 2.14 bits per heavy atom. The molecule has 2 amide bonds. The molecule has 0 saturated carbocycles. The number of carbonyl (C=O) groups excluding carboxylic acids is 2. The second-order valence-corrected chi connectivity index (χ2v) is 5.01. The summed E-state index contributed by atoms with van der Waals surface area (Å²) < 4.78 is 1.70. The number of imidazole rings is 1. The van der Waals surface area contributed by atoms with Crippen LogP contribution in [0.3, 0.4) is 0 Å². The molecule has 0 radical (unpaired) electrons. The fourth-order valence-corrected chi connectivity index (χ4v) is 2.57. The maximum Gasteiger partial charge on any atom is 0.335 e. The summed E-state index contributed by atoms with van der Waals surface area (Å²) in [7, 11) is 1.47. The van der Waals surface area contributed by atoms with E-state index in [1.165, 1.54) is 25.5 Å². The minimum absolute atomic E-state index is 0.148. The van der Waals surface area contributed by atoms with Gasteiger partial charge in [-0.25, -0.2) is 9.78 Å². The van der Waals surface area contributed by atoms with Crippen molar-refractivity contribution in [3.05, 3.63) is 30.1 Å². The SMILES string of the molecule is CN1C(=O)CCC(n2cnc3cc(C(=O)O)ccc32)C1=O. The van der Waals surface area contributed by atoms with Gasteiger partial charge >= 0.3 is 5.97 Å². The minimum Gasteiger partial charge on any atom is -0.478 e. The topological polar surface area (TPSA) is 92.5 Å². The van der Waals surface area contributed by atoms with Crippen LogP contribution in [0.1, 0.15) is 29.2 Å². The van der Waals surface area contributed by atoms with E-state index in [9.17, 15) is 14.4 Å². The lowest BCUT2D eigenvalue weighted by molar-refractivity contribution is -0.149. The molecule has 1 N–H and O–H groups in total. The monoisotopic (exact) mass is 287 g/mol. The maximum atomic E-state index is 12.2. The van der Waals surface area contributed by atoms with Gasteiger partial charge in [0.05, 0.1) is 22.9 Å². The number of imide groups is 1. The predicted molar refractivity (Wildman–Crippen MR) is 72.7 cm³/mol. The van der Waals surface area contributed by atoms with Crippen LogP contribution in [0.15, 0.2) is 24.5 Å². The highest BCUT2D eigenvalue weighted by Crippen LogP contribution is 2.27. The lowest BCUT2D eigenvalue weighted by Gasteiger charge is -2.28. The fraction of sp³-hybridized carbons (Fsp3) is 0.286. The summed E-state index contributed by atoms with van der Waals surface area (Å²) in [5, 5.41) is 8.97. The zero-order valence-electron chi connectivity index (χ0n) is 11.3. The van der Waals surface area contributed by atoms with Crippen LogP contribution in [0, 0.1) is 0 Å². The highest BCUT2D eigenvalue weighted by molar-refractivity contribution is 6.00. The third-order valence-electron chi connectivity index (χ3n) is 3.78. The second kappa shape index (κ2) is 4.69. The molecule has 0 bridgehead atoms. The number of rotatable bonds is 2. The Kier molecular flexibility index (Phi) is 2.97. The van der Waals surface area contributed by atoms with Crippen molar-refractivity contribution in [3.63, 3.8) is 0 Å². The van der Waals surface area contributed by atoms with Gasteiger partial charge in [-0.15, -0.1) is 0 Å². The lowest BCUT2D eigenvalue weighted by atomic mass is 10.0. The van der Waals surface area contributed by atoms with E-state index in [0.717, 1.165) is 4.90 Å². The van der Waals surface area contributed by atoms with E-state index in [4.69, 9.17) is 5.11 Å². The Morgan fingerprint density at radius 1 is 1.38 bits per heavy atom. The molecule has 1 unspecified atom stereocenters. The van der Waals surface area contributed by atoms with Crippen molar-refractivity contribution in [2.75, 3.05) is 7.05 Å². The van der Waals surface area contributed by atoms with E-state index in [-0.39, 0.29) is 17.4 Å². The Labute approximate surface area is 119 Å². The first kappa shape index (κ1) is 13.3. The van der Waals surface area contributed by atoms with E-state index in [1.54, 1.807) is 10.6 Å². The number of carbonyl (C=O) groups is 3. The summed E-state index contributed by atoms with van der Waals surface area (Å²) in [5.74, 6) is -1.48. The van der Waals surface area contributed by atoms with Crippen LogP contribution in [0.25, 0.3) is 11.0 Å². The van der Waals surface area contributed by atoms with E-state index < -0.39 is 12.0 Å². The van der Waals surface area contributed by atoms with E-state index >= 15 is 0 Å². The van der Waals surface area contributed by atoms with Gasteiger partial charge in [-0.2, -0.15) is 0 Å². The van der Waals surface area contributed by atoms with E-state index in [1.807, 2.05) is 0 Å². The standard InChI is InChI=1S/C14H13N3O4/c1-16-12(18)5-4-11(13(16)19)17-7-15-9-6-8(14(20)21)2-3-10(9)17/h2-3,6-7,11H,4-5H2,1H3,(H,20,21). The van der Waals surface area contributed by atoms with Gasteiger partial charge in [-0.1, -0.05) is 0 Å². The minimum atomic E-state index is -1.02. The number of aromatic carboxylic acids is 1. The summed E-state index contributed by atoms with van der Waals surface area (Å²) in [4.78, 5) is 40.0. The van der Waals surface area contributed by atoms with Gasteiger partial charge in [-0.3, -0.25) is 14.5 Å². The molecule has 1 fully saturated rings. The number of carboxylic acids is 1. The Bertz CT molecular complexity index is 765. The van der Waals surface area contributed by atoms with Crippen LogP contribution in [0.5, 0.6) is 0 Å². The van der Waals surface area contributed by atoms with Crippen LogP contribution in [0.4, 0.5) is 0 Å². The lowest BCUT2D eigenvalue weighted by Crippen LogP contribution is -2.43. The average Bonchev–Trinajstić information content (AvgIpc) is 2.88. The molecule has 1 aromatic heterocycles. The van der Waals surface area contributed by atoms with E-state index in [2.05, 4.69) is 4.98 Å². The molecule has 1 aliphatic rings. The molecule has 1 aliphatic heterocycles. The summed E-state index contributed by atoms with van der Waals surface area (Å²) in [6.45, 7) is 0. The zero-order valence-corrected chi connectivity index (χ0v) is 11.3. The first-order valence-corrected chi connectivity index (χ1v) is 6.49. The van der Waals surface area contributed by atoms with Crippen molar-refractivity contribution in [1.29, 1.82) is 0 Å². The molecule has 0 spiro atoms. The molecule has 108 valence electrons. The molecular formula is C14H13N3O4. The normalized spacial score (nSPS) is 19.3. The van der Waals surface area contributed by atoms with Crippen LogP contribution >= 0.6 is 0 Å². The maximum absolute atomic E-state index is 12.2. The number of likely N-dealkylation sites (N-methyl/N-ethyl adjacent to an activating group) is 1. The number of amides is 2. The first-order valence-electron chi connectivity index (χ1n) is 6.49. The van der Waals surface area contributed by atoms with Crippen molar-refractivity contribution in [2.45, 2.75) is 18.9 Å². The van der Waals surface area contributed by atoms with E-state index in [0.29, 0.717) is 23.9 Å². The highest BCUT2D eigenvalue weighted by Gasteiger charge is 2.33. The predicted octanol–water partition coefficient (Wildman–Crippen LogP) is 1.05. The number of fused-ring (bicyclic) bond motifs is 1. The number of hydrogen-bond donors (Lipinski definition) is 1. The molecule has 2 heterocycles. The summed E-state index contributed by atoms with van der Waals surface area (Å²) in [5.41, 5.74) is 1.35. The molecule has 7 nitrogen and oxygen atoms in total.